The van der Waals surface area contributed by atoms with Crippen LogP contribution in [0.3, 0.4) is 0 Å². The number of aryl methyl sites for hydroxylation is 1. The van der Waals surface area contributed by atoms with E-state index in [1.807, 2.05) is 6.92 Å². The number of benzene rings is 1. The molecule has 0 bridgehead atoms. The fourth-order valence-electron chi connectivity index (χ4n) is 5.09. The number of Topliss-reactive ketones (excluding diaryl/α,β-unsaturated/α-hetero) is 2. The molecule has 3 rings (SSSR count). The Labute approximate surface area is 158 Å². The molecule has 0 amide bonds. The van der Waals surface area contributed by atoms with Crippen LogP contribution in [0.25, 0.3) is 0 Å². The van der Waals surface area contributed by atoms with Crippen LogP contribution < -0.4 is 0 Å². The molecule has 0 heterocycles. The summed E-state index contributed by atoms with van der Waals surface area (Å²) in [4.78, 5) is 24.1. The highest BCUT2D eigenvalue weighted by molar-refractivity contribution is 6.00. The van der Waals surface area contributed by atoms with E-state index < -0.39 is 0 Å². The van der Waals surface area contributed by atoms with Gasteiger partial charge in [-0.3, -0.25) is 9.59 Å². The Bertz CT molecular complexity index is 612. The van der Waals surface area contributed by atoms with Crippen molar-refractivity contribution >= 4 is 11.6 Å². The maximum Gasteiger partial charge on any atom is 0.143 e. The van der Waals surface area contributed by atoms with E-state index in [1.54, 1.807) is 5.56 Å². The van der Waals surface area contributed by atoms with Crippen molar-refractivity contribution in [1.82, 2.24) is 0 Å². The quantitative estimate of drug-likeness (QED) is 0.508. The number of hydrogen-bond acceptors (Lipinski definition) is 2. The van der Waals surface area contributed by atoms with Gasteiger partial charge in [-0.25, -0.2) is 0 Å². The van der Waals surface area contributed by atoms with Gasteiger partial charge in [-0.2, -0.15) is 0 Å². The molecule has 2 aliphatic rings. The molecule has 2 aliphatic carbocycles. The Morgan fingerprint density at radius 3 is 2.58 bits per heavy atom. The summed E-state index contributed by atoms with van der Waals surface area (Å²) in [6, 6.07) is 9.02. The van der Waals surface area contributed by atoms with Crippen LogP contribution in [0.4, 0.5) is 0 Å². The predicted molar refractivity (Wildman–Crippen MR) is 106 cm³/mol. The second-order valence-electron chi connectivity index (χ2n) is 8.53. The van der Waals surface area contributed by atoms with Gasteiger partial charge in [0.15, 0.2) is 0 Å². The zero-order valence-corrected chi connectivity index (χ0v) is 16.3. The fraction of sp³-hybridized carbons (Fsp3) is 0.667. The van der Waals surface area contributed by atoms with Crippen molar-refractivity contribution in [1.29, 1.82) is 0 Å². The monoisotopic (exact) mass is 354 g/mol. The topological polar surface area (TPSA) is 34.1 Å². The lowest BCUT2D eigenvalue weighted by atomic mass is 9.88. The highest BCUT2D eigenvalue weighted by Gasteiger charge is 2.30. The first-order valence-electron chi connectivity index (χ1n) is 10.8. The summed E-state index contributed by atoms with van der Waals surface area (Å²) in [5.41, 5.74) is 3.12. The zero-order valence-electron chi connectivity index (χ0n) is 16.3. The van der Waals surface area contributed by atoms with Crippen LogP contribution in [0.1, 0.15) is 94.6 Å². The lowest BCUT2D eigenvalue weighted by Gasteiger charge is -2.17. The number of carbonyl (C=O) groups excluding carboxylic acids is 2. The van der Waals surface area contributed by atoms with Crippen LogP contribution in [-0.4, -0.2) is 11.6 Å². The molecule has 0 aliphatic heterocycles. The molecule has 1 aromatic rings. The lowest BCUT2D eigenvalue weighted by Crippen LogP contribution is -2.16. The largest absolute Gasteiger partial charge is 0.299 e. The van der Waals surface area contributed by atoms with Crippen LogP contribution in [0, 0.1) is 11.8 Å². The van der Waals surface area contributed by atoms with Gasteiger partial charge in [0.25, 0.3) is 0 Å². The molecule has 2 saturated carbocycles. The predicted octanol–water partition coefficient (Wildman–Crippen LogP) is 6.02. The van der Waals surface area contributed by atoms with E-state index >= 15 is 0 Å². The van der Waals surface area contributed by atoms with Crippen molar-refractivity contribution in [2.75, 3.05) is 0 Å². The van der Waals surface area contributed by atoms with Gasteiger partial charge < -0.3 is 0 Å². The van der Waals surface area contributed by atoms with E-state index in [2.05, 4.69) is 24.3 Å². The first kappa shape index (κ1) is 19.3. The Kier molecular flexibility index (Phi) is 7.05. The summed E-state index contributed by atoms with van der Waals surface area (Å²) in [6.45, 7) is 2.00. The first-order valence-corrected chi connectivity index (χ1v) is 10.8. The Hall–Kier alpha value is -1.44. The molecule has 0 radical (unpaired) electrons. The van der Waals surface area contributed by atoms with E-state index in [-0.39, 0.29) is 23.9 Å². The smallest absolute Gasteiger partial charge is 0.143 e. The molecule has 1 aromatic carbocycles. The molecule has 0 spiro atoms. The second-order valence-corrected chi connectivity index (χ2v) is 8.53. The van der Waals surface area contributed by atoms with E-state index in [0.717, 1.165) is 38.0 Å². The van der Waals surface area contributed by atoms with E-state index in [9.17, 15) is 9.59 Å². The first-order chi connectivity index (χ1) is 12.7. The van der Waals surface area contributed by atoms with Crippen molar-refractivity contribution in [3.63, 3.8) is 0 Å². The molecule has 142 valence electrons. The Morgan fingerprint density at radius 2 is 1.81 bits per heavy atom. The van der Waals surface area contributed by atoms with E-state index in [1.165, 1.54) is 37.7 Å². The number of ketones is 2. The van der Waals surface area contributed by atoms with Gasteiger partial charge in [-0.1, -0.05) is 44.0 Å². The molecule has 2 atom stereocenters. The summed E-state index contributed by atoms with van der Waals surface area (Å²) in [5.74, 6) is 1.91. The number of hydrogen-bond donors (Lipinski definition) is 0. The van der Waals surface area contributed by atoms with Crippen molar-refractivity contribution < 1.29 is 9.59 Å². The van der Waals surface area contributed by atoms with Gasteiger partial charge in [-0.15, -0.1) is 0 Å². The highest BCUT2D eigenvalue weighted by atomic mass is 16.1. The maximum atomic E-state index is 12.4. The van der Waals surface area contributed by atoms with E-state index in [4.69, 9.17) is 0 Å². The van der Waals surface area contributed by atoms with Gasteiger partial charge in [0.1, 0.15) is 11.6 Å². The molecular weight excluding hydrogens is 320 g/mol. The molecule has 2 fully saturated rings. The SMILES string of the molecule is CCCC(=O)CC(=O)C1CCC(CCc2ccccc2C2CCCC2)C1. The third-order valence-electron chi connectivity index (χ3n) is 6.57. The van der Waals surface area contributed by atoms with E-state index in [0.29, 0.717) is 12.3 Å². The summed E-state index contributed by atoms with van der Waals surface area (Å²) in [6.07, 6.45) is 12.5. The third-order valence-corrected chi connectivity index (χ3v) is 6.57. The minimum Gasteiger partial charge on any atom is -0.299 e. The Balaban J connectivity index is 1.49. The maximum absolute atomic E-state index is 12.4. The van der Waals surface area contributed by atoms with Crippen LogP contribution >= 0.6 is 0 Å². The lowest BCUT2D eigenvalue weighted by molar-refractivity contribution is -0.129. The van der Waals surface area contributed by atoms with Gasteiger partial charge in [0.05, 0.1) is 6.42 Å². The molecule has 26 heavy (non-hydrogen) atoms. The van der Waals surface area contributed by atoms with Gasteiger partial charge in [-0.05, 0) is 74.3 Å². The zero-order chi connectivity index (χ0) is 18.4. The van der Waals surface area contributed by atoms with Gasteiger partial charge in [0.2, 0.25) is 0 Å². The van der Waals surface area contributed by atoms with Crippen LogP contribution in [0.5, 0.6) is 0 Å². The normalized spacial score (nSPS) is 23.4. The molecule has 2 nitrogen and oxygen atoms in total. The minimum atomic E-state index is 0.131. The summed E-state index contributed by atoms with van der Waals surface area (Å²) < 4.78 is 0. The van der Waals surface area contributed by atoms with Gasteiger partial charge >= 0.3 is 0 Å². The van der Waals surface area contributed by atoms with Crippen molar-refractivity contribution in [3.8, 4) is 0 Å². The van der Waals surface area contributed by atoms with Crippen molar-refractivity contribution in [2.45, 2.75) is 89.9 Å². The molecule has 0 N–H and O–H groups in total. The van der Waals surface area contributed by atoms with Gasteiger partial charge in [0, 0.05) is 12.3 Å². The third kappa shape index (κ3) is 5.05. The second kappa shape index (κ2) is 9.48. The number of rotatable bonds is 9. The molecular formula is C24H34O2. The average Bonchev–Trinajstić information content (AvgIpc) is 3.32. The van der Waals surface area contributed by atoms with Crippen molar-refractivity contribution in [2.24, 2.45) is 11.8 Å². The molecule has 0 aromatic heterocycles. The minimum absolute atomic E-state index is 0.131. The summed E-state index contributed by atoms with van der Waals surface area (Å²) in [7, 11) is 0. The molecule has 2 unspecified atom stereocenters. The summed E-state index contributed by atoms with van der Waals surface area (Å²) >= 11 is 0. The Morgan fingerprint density at radius 1 is 1.04 bits per heavy atom. The molecule has 0 saturated heterocycles. The number of carbonyl (C=O) groups is 2. The fourth-order valence-corrected chi connectivity index (χ4v) is 5.09. The van der Waals surface area contributed by atoms with Crippen molar-refractivity contribution in [3.05, 3.63) is 35.4 Å². The molecule has 2 heteroatoms. The average molecular weight is 355 g/mol. The van der Waals surface area contributed by atoms with Crippen LogP contribution in [0.2, 0.25) is 0 Å². The standard InChI is InChI=1S/C24H34O2/c1-2-7-22(25)17-24(26)21-15-13-18(16-21)12-14-20-10-5-6-11-23(20)19-8-3-4-9-19/h5-6,10-11,18-19,21H,2-4,7-9,12-17H2,1H3. The summed E-state index contributed by atoms with van der Waals surface area (Å²) in [5, 5.41) is 0. The van der Waals surface area contributed by atoms with Crippen LogP contribution in [-0.2, 0) is 16.0 Å². The highest BCUT2D eigenvalue weighted by Crippen LogP contribution is 2.38. The van der Waals surface area contributed by atoms with Crippen LogP contribution in [0.15, 0.2) is 24.3 Å².